The number of fused-ring (bicyclic) bond motifs is 2. The van der Waals surface area contributed by atoms with Crippen LogP contribution in [0.3, 0.4) is 0 Å². The Kier molecular flexibility index (Phi) is 7.71. The minimum Gasteiger partial charge on any atom is -0.378 e. The van der Waals surface area contributed by atoms with Gasteiger partial charge in [0.25, 0.3) is 0 Å². The topological polar surface area (TPSA) is 53.6 Å². The van der Waals surface area contributed by atoms with Gasteiger partial charge in [-0.3, -0.25) is 4.79 Å². The maximum atomic E-state index is 12.2. The Morgan fingerprint density at radius 2 is 1.90 bits per heavy atom. The molecule has 0 radical (unpaired) electrons. The van der Waals surface area contributed by atoms with Gasteiger partial charge in [0, 0.05) is 24.7 Å². The SMILES string of the molecule is CN1C2CCCC1CC(NC(=O)C1COCCN1)C2.Cl.Cl. The van der Waals surface area contributed by atoms with Crippen molar-refractivity contribution in [3.05, 3.63) is 0 Å². The average molecular weight is 340 g/mol. The quantitative estimate of drug-likeness (QED) is 0.786. The third-order valence-corrected chi connectivity index (χ3v) is 4.92. The molecule has 3 fully saturated rings. The number of hydrogen-bond acceptors (Lipinski definition) is 4. The van der Waals surface area contributed by atoms with Crippen LogP contribution in [0.15, 0.2) is 0 Å². The van der Waals surface area contributed by atoms with Crippen LogP contribution in [-0.2, 0) is 9.53 Å². The van der Waals surface area contributed by atoms with E-state index in [1.54, 1.807) is 0 Å². The van der Waals surface area contributed by atoms with Gasteiger partial charge in [-0.1, -0.05) is 6.42 Å². The summed E-state index contributed by atoms with van der Waals surface area (Å²) in [7, 11) is 2.24. The lowest BCUT2D eigenvalue weighted by atomic mass is 9.82. The van der Waals surface area contributed by atoms with Crippen LogP contribution in [0.2, 0.25) is 0 Å². The number of piperidine rings is 2. The van der Waals surface area contributed by atoms with E-state index in [1.165, 1.54) is 19.3 Å². The zero-order valence-electron chi connectivity index (χ0n) is 12.5. The summed E-state index contributed by atoms with van der Waals surface area (Å²) in [5, 5.41) is 6.45. The van der Waals surface area contributed by atoms with E-state index < -0.39 is 0 Å². The van der Waals surface area contributed by atoms with Crippen molar-refractivity contribution in [1.29, 1.82) is 0 Å². The average Bonchev–Trinajstić information content (AvgIpc) is 2.41. The van der Waals surface area contributed by atoms with Gasteiger partial charge in [0.1, 0.15) is 6.04 Å². The maximum absolute atomic E-state index is 12.2. The van der Waals surface area contributed by atoms with E-state index in [2.05, 4.69) is 22.6 Å². The predicted octanol–water partition coefficient (Wildman–Crippen LogP) is 0.950. The first kappa shape index (κ1) is 19.0. The first-order valence-electron chi connectivity index (χ1n) is 7.57. The highest BCUT2D eigenvalue weighted by molar-refractivity contribution is 5.85. The van der Waals surface area contributed by atoms with Gasteiger partial charge in [0.15, 0.2) is 0 Å². The van der Waals surface area contributed by atoms with Crippen molar-refractivity contribution in [2.45, 2.75) is 56.3 Å². The number of hydrogen-bond donors (Lipinski definition) is 2. The van der Waals surface area contributed by atoms with Gasteiger partial charge in [-0.05, 0) is 32.7 Å². The van der Waals surface area contributed by atoms with E-state index in [0.717, 1.165) is 19.4 Å². The van der Waals surface area contributed by atoms with Gasteiger partial charge in [-0.15, -0.1) is 24.8 Å². The molecule has 3 unspecified atom stereocenters. The molecule has 3 aliphatic heterocycles. The number of morpholine rings is 1. The molecule has 3 atom stereocenters. The molecule has 3 aliphatic rings. The summed E-state index contributed by atoms with van der Waals surface area (Å²) in [6, 6.07) is 1.51. The number of nitrogens with one attached hydrogen (secondary N) is 2. The highest BCUT2D eigenvalue weighted by atomic mass is 35.5. The molecule has 0 saturated carbocycles. The number of carbonyl (C=O) groups excluding carboxylic acids is 1. The minimum atomic E-state index is -0.159. The van der Waals surface area contributed by atoms with Crippen LogP contribution in [0, 0.1) is 0 Å². The Bertz CT molecular complexity index is 326. The highest BCUT2D eigenvalue weighted by Gasteiger charge is 2.37. The standard InChI is InChI=1S/C14H25N3O2.2ClH/c1-17-11-3-2-4-12(17)8-10(7-11)16-14(18)13-9-19-6-5-15-13;;/h10-13,15H,2-9H2,1H3,(H,16,18);2*1H. The van der Waals surface area contributed by atoms with Crippen LogP contribution in [0.25, 0.3) is 0 Å². The second kappa shape index (κ2) is 8.53. The minimum absolute atomic E-state index is 0. The largest absolute Gasteiger partial charge is 0.378 e. The Balaban J connectivity index is 0.00000110. The van der Waals surface area contributed by atoms with Crippen molar-refractivity contribution >= 4 is 30.7 Å². The normalized spacial score (nSPS) is 36.0. The number of nitrogens with zero attached hydrogens (tertiary/aromatic N) is 1. The molecule has 1 amide bonds. The number of rotatable bonds is 2. The fourth-order valence-corrected chi connectivity index (χ4v) is 3.77. The summed E-state index contributed by atoms with van der Waals surface area (Å²) in [6.07, 6.45) is 6.12. The Labute approximate surface area is 139 Å². The Hall–Kier alpha value is -0.0700. The molecule has 3 saturated heterocycles. The molecular formula is C14H27Cl2N3O2. The molecule has 5 nitrogen and oxygen atoms in total. The second-order valence-electron chi connectivity index (χ2n) is 6.16. The van der Waals surface area contributed by atoms with Gasteiger partial charge in [0.05, 0.1) is 13.2 Å². The summed E-state index contributed by atoms with van der Waals surface area (Å²) >= 11 is 0. The molecule has 124 valence electrons. The molecule has 0 aromatic heterocycles. The van der Waals surface area contributed by atoms with Crippen LogP contribution < -0.4 is 10.6 Å². The highest BCUT2D eigenvalue weighted by Crippen LogP contribution is 2.32. The van der Waals surface area contributed by atoms with Crippen LogP contribution in [-0.4, -0.2) is 61.8 Å². The van der Waals surface area contributed by atoms with Gasteiger partial charge in [0.2, 0.25) is 5.91 Å². The molecule has 2 N–H and O–H groups in total. The Morgan fingerprint density at radius 3 is 2.48 bits per heavy atom. The zero-order chi connectivity index (χ0) is 13.2. The molecule has 3 rings (SSSR count). The lowest BCUT2D eigenvalue weighted by molar-refractivity contribution is -0.127. The Morgan fingerprint density at radius 1 is 1.24 bits per heavy atom. The summed E-state index contributed by atoms with van der Waals surface area (Å²) < 4.78 is 5.35. The van der Waals surface area contributed by atoms with Crippen molar-refractivity contribution in [2.75, 3.05) is 26.8 Å². The molecule has 0 aromatic rings. The first-order chi connectivity index (χ1) is 9.24. The third-order valence-electron chi connectivity index (χ3n) is 4.92. The lowest BCUT2D eigenvalue weighted by Gasteiger charge is -2.47. The van der Waals surface area contributed by atoms with Gasteiger partial charge in [-0.2, -0.15) is 0 Å². The smallest absolute Gasteiger partial charge is 0.239 e. The van der Waals surface area contributed by atoms with Gasteiger partial charge in [-0.25, -0.2) is 0 Å². The van der Waals surface area contributed by atoms with Crippen LogP contribution >= 0.6 is 24.8 Å². The zero-order valence-corrected chi connectivity index (χ0v) is 14.2. The summed E-state index contributed by atoms with van der Waals surface area (Å²) in [5.41, 5.74) is 0. The molecule has 0 spiro atoms. The van der Waals surface area contributed by atoms with E-state index in [9.17, 15) is 4.79 Å². The monoisotopic (exact) mass is 339 g/mol. The van der Waals surface area contributed by atoms with Gasteiger partial charge < -0.3 is 20.3 Å². The third kappa shape index (κ3) is 4.45. The van der Waals surface area contributed by atoms with Crippen molar-refractivity contribution in [1.82, 2.24) is 15.5 Å². The van der Waals surface area contributed by atoms with E-state index in [1.807, 2.05) is 0 Å². The number of amides is 1. The number of halogens is 2. The fourth-order valence-electron chi connectivity index (χ4n) is 3.77. The molecule has 2 bridgehead atoms. The molecule has 0 aliphatic carbocycles. The lowest BCUT2D eigenvalue weighted by Crippen LogP contribution is -2.58. The molecule has 0 aromatic carbocycles. The maximum Gasteiger partial charge on any atom is 0.239 e. The van der Waals surface area contributed by atoms with Crippen LogP contribution in [0.4, 0.5) is 0 Å². The van der Waals surface area contributed by atoms with E-state index in [4.69, 9.17) is 4.74 Å². The second-order valence-corrected chi connectivity index (χ2v) is 6.16. The molecule has 7 heteroatoms. The fraction of sp³-hybridized carbons (Fsp3) is 0.929. The van der Waals surface area contributed by atoms with Crippen molar-refractivity contribution in [3.8, 4) is 0 Å². The van der Waals surface area contributed by atoms with E-state index >= 15 is 0 Å². The molecule has 3 heterocycles. The predicted molar refractivity (Wildman–Crippen MR) is 87.5 cm³/mol. The van der Waals surface area contributed by atoms with Crippen LogP contribution in [0.5, 0.6) is 0 Å². The van der Waals surface area contributed by atoms with E-state index in [-0.39, 0.29) is 36.8 Å². The summed E-state index contributed by atoms with van der Waals surface area (Å²) in [4.78, 5) is 14.7. The molecule has 21 heavy (non-hydrogen) atoms. The number of carbonyl (C=O) groups is 1. The van der Waals surface area contributed by atoms with Crippen molar-refractivity contribution in [3.63, 3.8) is 0 Å². The first-order valence-corrected chi connectivity index (χ1v) is 7.57. The summed E-state index contributed by atoms with van der Waals surface area (Å²) in [5.74, 6) is 0.118. The van der Waals surface area contributed by atoms with Crippen LogP contribution in [0.1, 0.15) is 32.1 Å². The van der Waals surface area contributed by atoms with Gasteiger partial charge >= 0.3 is 0 Å². The van der Waals surface area contributed by atoms with E-state index in [0.29, 0.717) is 31.3 Å². The summed E-state index contributed by atoms with van der Waals surface area (Å²) in [6.45, 7) is 1.99. The molecular weight excluding hydrogens is 313 g/mol. The van der Waals surface area contributed by atoms with Crippen molar-refractivity contribution in [2.24, 2.45) is 0 Å². The van der Waals surface area contributed by atoms with Crippen molar-refractivity contribution < 1.29 is 9.53 Å². The number of ether oxygens (including phenoxy) is 1.